The summed E-state index contributed by atoms with van der Waals surface area (Å²) in [4.78, 5) is 16.4. The average molecular weight is 308 g/mol. The van der Waals surface area contributed by atoms with Crippen molar-refractivity contribution >= 4 is 28.5 Å². The number of rotatable bonds is 7. The van der Waals surface area contributed by atoms with Gasteiger partial charge in [-0.15, -0.1) is 11.6 Å². The first kappa shape index (κ1) is 15.8. The number of carbonyl (C=O) groups excluding carboxylic acids is 1. The van der Waals surface area contributed by atoms with E-state index in [1.54, 1.807) is 0 Å². The monoisotopic (exact) mass is 307 g/mol. The van der Waals surface area contributed by atoms with Crippen LogP contribution in [0.4, 0.5) is 0 Å². The van der Waals surface area contributed by atoms with Gasteiger partial charge in [0.2, 0.25) is 5.91 Å². The molecular formula is C16H22ClN3O. The Morgan fingerprint density at radius 1 is 1.43 bits per heavy atom. The van der Waals surface area contributed by atoms with E-state index < -0.39 is 0 Å². The Bertz CT molecular complexity index is 621. The van der Waals surface area contributed by atoms with Crippen molar-refractivity contribution in [3.05, 3.63) is 29.6 Å². The Labute approximate surface area is 130 Å². The second kappa shape index (κ2) is 7.46. The summed E-state index contributed by atoms with van der Waals surface area (Å²) in [6.07, 6.45) is 2.14. The number of hydrogen-bond acceptors (Lipinski definition) is 2. The van der Waals surface area contributed by atoms with Gasteiger partial charge in [0.25, 0.3) is 0 Å². The van der Waals surface area contributed by atoms with Gasteiger partial charge in [-0.2, -0.15) is 0 Å². The van der Waals surface area contributed by atoms with Crippen molar-refractivity contribution in [2.24, 2.45) is 0 Å². The molecule has 0 atom stereocenters. The third-order valence-electron chi connectivity index (χ3n) is 3.44. The summed E-state index contributed by atoms with van der Waals surface area (Å²) in [5.41, 5.74) is 3.24. The largest absolute Gasteiger partial charge is 0.356 e. The molecular weight excluding hydrogens is 286 g/mol. The van der Waals surface area contributed by atoms with Crippen molar-refractivity contribution in [1.29, 1.82) is 0 Å². The molecule has 0 spiro atoms. The second-order valence-electron chi connectivity index (χ2n) is 5.21. The zero-order valence-corrected chi connectivity index (χ0v) is 13.4. The van der Waals surface area contributed by atoms with Gasteiger partial charge in [-0.05, 0) is 31.0 Å². The molecule has 0 saturated heterocycles. The molecule has 21 heavy (non-hydrogen) atoms. The first-order valence-electron chi connectivity index (χ1n) is 7.44. The summed E-state index contributed by atoms with van der Waals surface area (Å²) in [5, 5.41) is 2.91. The Hall–Kier alpha value is -1.55. The first-order chi connectivity index (χ1) is 10.2. The molecule has 2 aromatic rings. The number of fused-ring (bicyclic) bond motifs is 1. The van der Waals surface area contributed by atoms with Gasteiger partial charge in [-0.1, -0.05) is 13.0 Å². The molecule has 1 heterocycles. The molecule has 0 radical (unpaired) electrons. The molecule has 0 aliphatic carbocycles. The van der Waals surface area contributed by atoms with Crippen molar-refractivity contribution in [2.45, 2.75) is 39.7 Å². The van der Waals surface area contributed by atoms with Gasteiger partial charge in [0.05, 0.1) is 11.0 Å². The minimum atomic E-state index is 0.0863. The molecule has 2 rings (SSSR count). The number of imidazole rings is 1. The summed E-state index contributed by atoms with van der Waals surface area (Å²) in [5.74, 6) is 1.57. The van der Waals surface area contributed by atoms with Crippen LogP contribution in [-0.2, 0) is 17.8 Å². The number of alkyl halides is 1. The van der Waals surface area contributed by atoms with Gasteiger partial charge in [-0.25, -0.2) is 4.98 Å². The maximum atomic E-state index is 11.8. The lowest BCUT2D eigenvalue weighted by molar-refractivity contribution is -0.121. The minimum Gasteiger partial charge on any atom is -0.356 e. The summed E-state index contributed by atoms with van der Waals surface area (Å²) in [6.45, 7) is 5.48. The molecule has 4 nitrogen and oxygen atoms in total. The van der Waals surface area contributed by atoms with E-state index in [4.69, 9.17) is 11.6 Å². The molecule has 5 heteroatoms. The Kier molecular flexibility index (Phi) is 5.62. The topological polar surface area (TPSA) is 46.9 Å². The number of nitrogens with zero attached hydrogens (tertiary/aromatic N) is 2. The van der Waals surface area contributed by atoms with Crippen molar-refractivity contribution < 1.29 is 4.79 Å². The molecule has 0 bridgehead atoms. The molecule has 0 aliphatic rings. The summed E-state index contributed by atoms with van der Waals surface area (Å²) < 4.78 is 2.12. The number of aromatic nitrogens is 2. The van der Waals surface area contributed by atoms with E-state index in [0.29, 0.717) is 25.3 Å². The molecule has 1 N–H and O–H groups in total. The molecule has 1 aromatic carbocycles. The van der Waals surface area contributed by atoms with Crippen LogP contribution in [-0.4, -0.2) is 27.9 Å². The van der Waals surface area contributed by atoms with Crippen LogP contribution >= 0.6 is 11.6 Å². The molecule has 0 fully saturated rings. The highest BCUT2D eigenvalue weighted by Gasteiger charge is 2.11. The maximum Gasteiger partial charge on any atom is 0.221 e. The predicted molar refractivity (Wildman–Crippen MR) is 86.8 cm³/mol. The van der Waals surface area contributed by atoms with E-state index in [1.807, 2.05) is 13.0 Å². The maximum absolute atomic E-state index is 11.8. The van der Waals surface area contributed by atoms with Gasteiger partial charge in [0, 0.05) is 31.8 Å². The Balaban J connectivity index is 2.21. The summed E-state index contributed by atoms with van der Waals surface area (Å²) in [6, 6.07) is 6.19. The molecule has 1 amide bonds. The van der Waals surface area contributed by atoms with Crippen LogP contribution in [0, 0.1) is 6.92 Å². The van der Waals surface area contributed by atoms with Gasteiger partial charge >= 0.3 is 0 Å². The predicted octanol–water partition coefficient (Wildman–Crippen LogP) is 3.04. The van der Waals surface area contributed by atoms with E-state index in [9.17, 15) is 4.79 Å². The standard InChI is InChI=1S/C16H22ClN3O/c1-3-9-18-16(21)7-10-20-14-11-12(2)4-5-13(14)19-15(20)6-8-17/h4-5,11H,3,6-10H2,1-2H3,(H,18,21). The van der Waals surface area contributed by atoms with Crippen LogP contribution in [0.1, 0.15) is 31.2 Å². The molecule has 0 saturated carbocycles. The number of benzene rings is 1. The lowest BCUT2D eigenvalue weighted by Crippen LogP contribution is -2.25. The average Bonchev–Trinajstić information content (AvgIpc) is 2.80. The zero-order chi connectivity index (χ0) is 15.2. The zero-order valence-electron chi connectivity index (χ0n) is 12.7. The number of carbonyl (C=O) groups is 1. The number of aryl methyl sites for hydroxylation is 3. The molecule has 114 valence electrons. The van der Waals surface area contributed by atoms with Crippen LogP contribution < -0.4 is 5.32 Å². The second-order valence-corrected chi connectivity index (χ2v) is 5.59. The third-order valence-corrected chi connectivity index (χ3v) is 3.62. The molecule has 0 aliphatic heterocycles. The highest BCUT2D eigenvalue weighted by molar-refractivity contribution is 6.17. The van der Waals surface area contributed by atoms with Crippen molar-refractivity contribution in [2.75, 3.05) is 12.4 Å². The summed E-state index contributed by atoms with van der Waals surface area (Å²) in [7, 11) is 0. The Morgan fingerprint density at radius 3 is 2.95 bits per heavy atom. The first-order valence-corrected chi connectivity index (χ1v) is 7.97. The number of amides is 1. The fraction of sp³-hybridized carbons (Fsp3) is 0.500. The van der Waals surface area contributed by atoms with Crippen molar-refractivity contribution in [3.8, 4) is 0 Å². The highest BCUT2D eigenvalue weighted by atomic mass is 35.5. The van der Waals surface area contributed by atoms with Crippen LogP contribution in [0.2, 0.25) is 0 Å². The lowest BCUT2D eigenvalue weighted by Gasteiger charge is -2.09. The van der Waals surface area contributed by atoms with Crippen molar-refractivity contribution in [1.82, 2.24) is 14.9 Å². The van der Waals surface area contributed by atoms with E-state index in [1.165, 1.54) is 5.56 Å². The van der Waals surface area contributed by atoms with Crippen LogP contribution in [0.15, 0.2) is 18.2 Å². The van der Waals surface area contributed by atoms with E-state index in [-0.39, 0.29) is 5.91 Å². The SMILES string of the molecule is CCCNC(=O)CCn1c(CCCl)nc2ccc(C)cc21. The quantitative estimate of drug-likeness (QED) is 0.799. The summed E-state index contributed by atoms with van der Waals surface area (Å²) >= 11 is 5.87. The van der Waals surface area contributed by atoms with Gasteiger partial charge in [0.15, 0.2) is 0 Å². The van der Waals surface area contributed by atoms with Crippen LogP contribution in [0.25, 0.3) is 11.0 Å². The third kappa shape index (κ3) is 3.97. The lowest BCUT2D eigenvalue weighted by atomic mass is 10.2. The smallest absolute Gasteiger partial charge is 0.221 e. The number of nitrogens with one attached hydrogen (secondary N) is 1. The van der Waals surface area contributed by atoms with Gasteiger partial charge < -0.3 is 9.88 Å². The Morgan fingerprint density at radius 2 is 2.24 bits per heavy atom. The number of hydrogen-bond donors (Lipinski definition) is 1. The van der Waals surface area contributed by atoms with E-state index in [2.05, 4.69) is 33.9 Å². The van der Waals surface area contributed by atoms with Crippen LogP contribution in [0.5, 0.6) is 0 Å². The fourth-order valence-electron chi connectivity index (χ4n) is 2.37. The number of halogens is 1. The normalized spacial score (nSPS) is 11.0. The minimum absolute atomic E-state index is 0.0863. The van der Waals surface area contributed by atoms with Gasteiger partial charge in [0.1, 0.15) is 5.82 Å². The van der Waals surface area contributed by atoms with Crippen molar-refractivity contribution in [3.63, 3.8) is 0 Å². The van der Waals surface area contributed by atoms with Crippen LogP contribution in [0.3, 0.4) is 0 Å². The van der Waals surface area contributed by atoms with Gasteiger partial charge in [-0.3, -0.25) is 4.79 Å². The highest BCUT2D eigenvalue weighted by Crippen LogP contribution is 2.19. The molecule has 0 unspecified atom stereocenters. The van der Waals surface area contributed by atoms with E-state index in [0.717, 1.165) is 29.8 Å². The van der Waals surface area contributed by atoms with E-state index >= 15 is 0 Å². The molecule has 1 aromatic heterocycles. The fourth-order valence-corrected chi connectivity index (χ4v) is 2.54.